The van der Waals surface area contributed by atoms with E-state index in [-0.39, 0.29) is 11.6 Å². The molecule has 0 aromatic carbocycles. The normalized spacial score (nSPS) is 19.1. The number of hydrogen-bond acceptors (Lipinski definition) is 3. The maximum atomic E-state index is 6.55. The van der Waals surface area contributed by atoms with E-state index < -0.39 is 0 Å². The summed E-state index contributed by atoms with van der Waals surface area (Å²) in [5.74, 6) is 0. The van der Waals surface area contributed by atoms with Crippen LogP contribution in [0.1, 0.15) is 50.9 Å². The molecule has 1 aromatic rings. The zero-order chi connectivity index (χ0) is 15.5. The van der Waals surface area contributed by atoms with Crippen LogP contribution in [-0.4, -0.2) is 35.6 Å². The summed E-state index contributed by atoms with van der Waals surface area (Å²) in [4.78, 5) is 0. The van der Waals surface area contributed by atoms with Crippen LogP contribution in [0.15, 0.2) is 0 Å². The van der Waals surface area contributed by atoms with E-state index in [1.165, 1.54) is 12.8 Å². The molecule has 0 amide bonds. The van der Waals surface area contributed by atoms with Gasteiger partial charge in [-0.15, -0.1) is 0 Å². The van der Waals surface area contributed by atoms with Gasteiger partial charge in [-0.3, -0.25) is 4.68 Å². The smallest absolute Gasteiger partial charge is 0.0850 e. The monoisotopic (exact) mass is 313 g/mol. The fourth-order valence-corrected chi connectivity index (χ4v) is 3.97. The van der Waals surface area contributed by atoms with Gasteiger partial charge < -0.3 is 10.1 Å². The quantitative estimate of drug-likeness (QED) is 0.840. The first kappa shape index (κ1) is 16.8. The number of hydrogen-bond donors (Lipinski definition) is 1. The third kappa shape index (κ3) is 3.13. The van der Waals surface area contributed by atoms with Crippen molar-refractivity contribution >= 4 is 11.6 Å². The van der Waals surface area contributed by atoms with Crippen molar-refractivity contribution in [3.63, 3.8) is 0 Å². The SMILES string of the molecule is CCc1nn(CC)c(CC(NC)C2(OC)CCCC2)c1Cl. The van der Waals surface area contributed by atoms with Crippen molar-refractivity contribution in [1.29, 1.82) is 0 Å². The van der Waals surface area contributed by atoms with Gasteiger partial charge in [0.15, 0.2) is 0 Å². The first-order valence-corrected chi connectivity index (χ1v) is 8.46. The maximum Gasteiger partial charge on any atom is 0.0850 e. The summed E-state index contributed by atoms with van der Waals surface area (Å²) in [6.07, 6.45) is 6.46. The molecule has 5 heteroatoms. The number of halogens is 1. The van der Waals surface area contributed by atoms with Gasteiger partial charge in [-0.25, -0.2) is 0 Å². The van der Waals surface area contributed by atoms with Crippen molar-refractivity contribution in [2.45, 2.75) is 70.6 Å². The second-order valence-electron chi connectivity index (χ2n) is 5.90. The van der Waals surface area contributed by atoms with E-state index in [1.54, 1.807) is 0 Å². The van der Waals surface area contributed by atoms with Gasteiger partial charge in [0.05, 0.1) is 22.0 Å². The first-order chi connectivity index (χ1) is 10.1. The molecule has 1 saturated carbocycles. The number of aryl methyl sites for hydroxylation is 2. The fourth-order valence-electron chi connectivity index (χ4n) is 3.63. The predicted octanol–water partition coefficient (Wildman–Crippen LogP) is 3.21. The van der Waals surface area contributed by atoms with E-state index in [4.69, 9.17) is 16.3 Å². The highest BCUT2D eigenvalue weighted by atomic mass is 35.5. The van der Waals surface area contributed by atoms with Crippen molar-refractivity contribution in [2.24, 2.45) is 0 Å². The van der Waals surface area contributed by atoms with Crippen molar-refractivity contribution in [2.75, 3.05) is 14.2 Å². The van der Waals surface area contributed by atoms with E-state index in [0.29, 0.717) is 0 Å². The molecular weight excluding hydrogens is 286 g/mol. The molecule has 21 heavy (non-hydrogen) atoms. The van der Waals surface area contributed by atoms with Crippen molar-refractivity contribution in [1.82, 2.24) is 15.1 Å². The molecule has 1 heterocycles. The molecule has 1 unspecified atom stereocenters. The van der Waals surface area contributed by atoms with E-state index in [9.17, 15) is 0 Å². The van der Waals surface area contributed by atoms with Gasteiger partial charge in [0.25, 0.3) is 0 Å². The minimum Gasteiger partial charge on any atom is -0.377 e. The van der Waals surface area contributed by atoms with Crippen LogP contribution in [0.4, 0.5) is 0 Å². The van der Waals surface area contributed by atoms with Gasteiger partial charge in [0, 0.05) is 26.1 Å². The van der Waals surface area contributed by atoms with Crippen LogP contribution < -0.4 is 5.32 Å². The third-order valence-corrected chi connectivity index (χ3v) is 5.37. The van der Waals surface area contributed by atoms with Gasteiger partial charge in [0.1, 0.15) is 0 Å². The Balaban J connectivity index is 2.28. The lowest BCUT2D eigenvalue weighted by Crippen LogP contribution is -2.50. The predicted molar refractivity (Wildman–Crippen MR) is 87.0 cm³/mol. The lowest BCUT2D eigenvalue weighted by atomic mass is 9.88. The van der Waals surface area contributed by atoms with Gasteiger partial charge >= 0.3 is 0 Å². The lowest BCUT2D eigenvalue weighted by molar-refractivity contribution is -0.0340. The van der Waals surface area contributed by atoms with Gasteiger partial charge in [-0.05, 0) is 33.2 Å². The average molecular weight is 314 g/mol. The Morgan fingerprint density at radius 1 is 1.38 bits per heavy atom. The first-order valence-electron chi connectivity index (χ1n) is 8.08. The summed E-state index contributed by atoms with van der Waals surface area (Å²) in [6, 6.07) is 0.272. The zero-order valence-corrected chi connectivity index (χ0v) is 14.5. The van der Waals surface area contributed by atoms with Crippen LogP contribution in [0, 0.1) is 0 Å². The Morgan fingerprint density at radius 3 is 2.52 bits per heavy atom. The minimum atomic E-state index is -0.0622. The van der Waals surface area contributed by atoms with Crippen LogP contribution in [0.3, 0.4) is 0 Å². The average Bonchev–Trinajstić information content (AvgIpc) is 3.10. The maximum absolute atomic E-state index is 6.55. The summed E-state index contributed by atoms with van der Waals surface area (Å²) in [5.41, 5.74) is 2.08. The van der Waals surface area contributed by atoms with Crippen molar-refractivity contribution in [3.05, 3.63) is 16.4 Å². The van der Waals surface area contributed by atoms with Crippen LogP contribution in [0.5, 0.6) is 0 Å². The standard InChI is InChI=1S/C16H28ClN3O/c1-5-12-15(17)13(20(6-2)19-12)11-14(18-3)16(21-4)9-7-8-10-16/h14,18H,5-11H2,1-4H3. The molecule has 120 valence electrons. The van der Waals surface area contributed by atoms with Crippen LogP contribution in [0.2, 0.25) is 5.02 Å². The second kappa shape index (κ2) is 7.12. The molecule has 1 fully saturated rings. The number of likely N-dealkylation sites (N-methyl/N-ethyl adjacent to an activating group) is 1. The molecule has 1 atom stereocenters. The Kier molecular flexibility index (Phi) is 5.69. The van der Waals surface area contributed by atoms with E-state index in [0.717, 1.165) is 48.6 Å². The fraction of sp³-hybridized carbons (Fsp3) is 0.812. The number of methoxy groups -OCH3 is 1. The highest BCUT2D eigenvalue weighted by molar-refractivity contribution is 6.31. The Bertz CT molecular complexity index is 466. The zero-order valence-electron chi connectivity index (χ0n) is 13.7. The number of nitrogens with one attached hydrogen (secondary N) is 1. The van der Waals surface area contributed by atoms with Crippen LogP contribution in [0.25, 0.3) is 0 Å². The molecule has 1 aliphatic rings. The highest BCUT2D eigenvalue weighted by Crippen LogP contribution is 2.37. The van der Waals surface area contributed by atoms with Gasteiger partial charge in [-0.1, -0.05) is 31.4 Å². The van der Waals surface area contributed by atoms with Crippen molar-refractivity contribution < 1.29 is 4.74 Å². The summed E-state index contributed by atoms with van der Waals surface area (Å²) in [5, 5.41) is 8.93. The molecule has 0 radical (unpaired) electrons. The van der Waals surface area contributed by atoms with Crippen LogP contribution >= 0.6 is 11.6 Å². The topological polar surface area (TPSA) is 39.1 Å². The minimum absolute atomic E-state index is 0.0622. The Hall–Kier alpha value is -0.580. The Labute approximate surface area is 133 Å². The second-order valence-corrected chi connectivity index (χ2v) is 6.28. The summed E-state index contributed by atoms with van der Waals surface area (Å²) in [7, 11) is 3.86. The molecule has 2 rings (SSSR count). The molecule has 0 bridgehead atoms. The Morgan fingerprint density at radius 2 is 2.05 bits per heavy atom. The number of aromatic nitrogens is 2. The van der Waals surface area contributed by atoms with Crippen molar-refractivity contribution in [3.8, 4) is 0 Å². The third-order valence-electron chi connectivity index (χ3n) is 4.93. The van der Waals surface area contributed by atoms with E-state index in [1.807, 2.05) is 18.8 Å². The van der Waals surface area contributed by atoms with Crippen LogP contribution in [-0.2, 0) is 24.1 Å². The molecular formula is C16H28ClN3O. The largest absolute Gasteiger partial charge is 0.377 e. The van der Waals surface area contributed by atoms with Gasteiger partial charge in [0.2, 0.25) is 0 Å². The van der Waals surface area contributed by atoms with E-state index >= 15 is 0 Å². The molecule has 1 N–H and O–H groups in total. The number of ether oxygens (including phenoxy) is 1. The molecule has 0 aliphatic heterocycles. The highest BCUT2D eigenvalue weighted by Gasteiger charge is 2.41. The number of rotatable bonds is 7. The summed E-state index contributed by atoms with van der Waals surface area (Å²) in [6.45, 7) is 5.06. The number of nitrogens with zero attached hydrogens (tertiary/aromatic N) is 2. The summed E-state index contributed by atoms with van der Waals surface area (Å²) < 4.78 is 7.98. The lowest BCUT2D eigenvalue weighted by Gasteiger charge is -2.36. The molecule has 0 spiro atoms. The molecule has 0 saturated heterocycles. The molecule has 1 aromatic heterocycles. The van der Waals surface area contributed by atoms with E-state index in [2.05, 4.69) is 24.3 Å². The molecule has 4 nitrogen and oxygen atoms in total. The van der Waals surface area contributed by atoms with Gasteiger partial charge in [-0.2, -0.15) is 5.10 Å². The molecule has 1 aliphatic carbocycles. The summed E-state index contributed by atoms with van der Waals surface area (Å²) >= 11 is 6.55.